The molecule has 0 spiro atoms. The smallest absolute Gasteiger partial charge is 0.0521 e. The van der Waals surface area contributed by atoms with Crippen LogP contribution >= 0.6 is 0 Å². The van der Waals surface area contributed by atoms with E-state index < -0.39 is 0 Å². The summed E-state index contributed by atoms with van der Waals surface area (Å²) in [6.45, 7) is 7.73. The largest absolute Gasteiger partial charge is 0.381 e. The number of nitrogens with two attached hydrogens (primary N) is 1. The van der Waals surface area contributed by atoms with Gasteiger partial charge in [0.15, 0.2) is 0 Å². The molecule has 3 heteroatoms. The molecule has 2 saturated heterocycles. The second-order valence-electron chi connectivity index (χ2n) is 5.49. The lowest BCUT2D eigenvalue weighted by molar-refractivity contribution is 0.0287. The first kappa shape index (κ1) is 12.3. The monoisotopic (exact) mass is 226 g/mol. The van der Waals surface area contributed by atoms with Crippen LogP contribution in [0.15, 0.2) is 0 Å². The second kappa shape index (κ2) is 5.99. The van der Waals surface area contributed by atoms with Crippen LogP contribution in [0.4, 0.5) is 0 Å². The summed E-state index contributed by atoms with van der Waals surface area (Å²) in [4.78, 5) is 2.60. The maximum Gasteiger partial charge on any atom is 0.0521 e. The van der Waals surface area contributed by atoms with Crippen molar-refractivity contribution in [2.45, 2.75) is 38.6 Å². The van der Waals surface area contributed by atoms with E-state index in [1.165, 1.54) is 32.4 Å². The summed E-state index contributed by atoms with van der Waals surface area (Å²) in [5.74, 6) is 1.50. The van der Waals surface area contributed by atoms with Crippen LogP contribution in [0.1, 0.15) is 32.6 Å². The van der Waals surface area contributed by atoms with E-state index in [0.29, 0.717) is 12.0 Å². The van der Waals surface area contributed by atoms with E-state index in [-0.39, 0.29) is 0 Å². The molecule has 16 heavy (non-hydrogen) atoms. The minimum Gasteiger partial charge on any atom is -0.381 e. The Balaban J connectivity index is 1.73. The zero-order chi connectivity index (χ0) is 11.4. The number of likely N-dealkylation sites (tertiary alicyclic amines) is 1. The molecule has 3 atom stereocenters. The van der Waals surface area contributed by atoms with Gasteiger partial charge in [-0.05, 0) is 31.7 Å². The van der Waals surface area contributed by atoms with E-state index in [2.05, 4.69) is 11.8 Å². The summed E-state index contributed by atoms with van der Waals surface area (Å²) in [6, 6.07) is 0.360. The number of nitrogens with zero attached hydrogens (tertiary/aromatic N) is 1. The molecule has 0 amide bonds. The molecule has 3 unspecified atom stereocenters. The first-order valence-corrected chi connectivity index (χ1v) is 6.85. The van der Waals surface area contributed by atoms with Gasteiger partial charge in [-0.1, -0.05) is 13.3 Å². The van der Waals surface area contributed by atoms with Gasteiger partial charge < -0.3 is 15.4 Å². The van der Waals surface area contributed by atoms with E-state index in [9.17, 15) is 0 Å². The molecule has 2 heterocycles. The van der Waals surface area contributed by atoms with E-state index in [4.69, 9.17) is 10.5 Å². The van der Waals surface area contributed by atoms with Gasteiger partial charge in [-0.2, -0.15) is 0 Å². The molecule has 0 aromatic carbocycles. The molecular formula is C13H26N2O. The highest BCUT2D eigenvalue weighted by Gasteiger charge is 2.28. The highest BCUT2D eigenvalue weighted by molar-refractivity contribution is 4.83. The van der Waals surface area contributed by atoms with Gasteiger partial charge in [-0.25, -0.2) is 0 Å². The van der Waals surface area contributed by atoms with Gasteiger partial charge in [-0.15, -0.1) is 0 Å². The van der Waals surface area contributed by atoms with Gasteiger partial charge in [0.05, 0.1) is 6.61 Å². The topological polar surface area (TPSA) is 38.5 Å². The molecule has 0 aliphatic carbocycles. The van der Waals surface area contributed by atoms with Gasteiger partial charge in [0.2, 0.25) is 0 Å². The van der Waals surface area contributed by atoms with Crippen molar-refractivity contribution in [3.05, 3.63) is 0 Å². The Morgan fingerprint density at radius 1 is 1.38 bits per heavy atom. The maximum atomic E-state index is 6.14. The SMILES string of the molecule is CCCC1CCN(CC2COCCC2N)C1. The summed E-state index contributed by atoms with van der Waals surface area (Å²) in [6.07, 6.45) is 5.14. The molecule has 0 saturated carbocycles. The molecule has 0 aromatic heterocycles. The summed E-state index contributed by atoms with van der Waals surface area (Å²) in [5, 5.41) is 0. The summed E-state index contributed by atoms with van der Waals surface area (Å²) >= 11 is 0. The van der Waals surface area contributed by atoms with E-state index in [1.807, 2.05) is 0 Å². The lowest BCUT2D eigenvalue weighted by atomic mass is 9.96. The quantitative estimate of drug-likeness (QED) is 0.789. The number of hydrogen-bond donors (Lipinski definition) is 1. The van der Waals surface area contributed by atoms with Crippen molar-refractivity contribution in [1.29, 1.82) is 0 Å². The summed E-state index contributed by atoms with van der Waals surface area (Å²) in [7, 11) is 0. The molecule has 0 bridgehead atoms. The molecule has 0 aromatic rings. The molecule has 2 aliphatic rings. The van der Waals surface area contributed by atoms with Gasteiger partial charge in [-0.3, -0.25) is 0 Å². The Hall–Kier alpha value is -0.120. The third kappa shape index (κ3) is 3.19. The van der Waals surface area contributed by atoms with Crippen molar-refractivity contribution in [1.82, 2.24) is 4.90 Å². The van der Waals surface area contributed by atoms with Crippen LogP contribution in [-0.4, -0.2) is 43.8 Å². The molecule has 2 rings (SSSR count). The maximum absolute atomic E-state index is 6.14. The fraction of sp³-hybridized carbons (Fsp3) is 1.00. The third-order valence-electron chi connectivity index (χ3n) is 4.09. The number of hydrogen-bond acceptors (Lipinski definition) is 3. The van der Waals surface area contributed by atoms with Crippen LogP contribution in [0, 0.1) is 11.8 Å². The Labute approximate surface area is 99.3 Å². The third-order valence-corrected chi connectivity index (χ3v) is 4.09. The van der Waals surface area contributed by atoms with Gasteiger partial charge in [0.25, 0.3) is 0 Å². The molecule has 3 nitrogen and oxygen atoms in total. The van der Waals surface area contributed by atoms with Crippen LogP contribution in [0.3, 0.4) is 0 Å². The van der Waals surface area contributed by atoms with Crippen LogP contribution in [0.5, 0.6) is 0 Å². The highest BCUT2D eigenvalue weighted by Crippen LogP contribution is 2.23. The van der Waals surface area contributed by atoms with Crippen molar-refractivity contribution < 1.29 is 4.74 Å². The molecule has 0 radical (unpaired) electrons. The van der Waals surface area contributed by atoms with Crippen LogP contribution < -0.4 is 5.73 Å². The lowest BCUT2D eigenvalue weighted by Crippen LogP contribution is -2.44. The first-order valence-electron chi connectivity index (χ1n) is 6.85. The van der Waals surface area contributed by atoms with E-state index in [0.717, 1.165) is 32.1 Å². The van der Waals surface area contributed by atoms with Crippen molar-refractivity contribution >= 4 is 0 Å². The molecule has 2 N–H and O–H groups in total. The van der Waals surface area contributed by atoms with Crippen molar-refractivity contribution in [3.8, 4) is 0 Å². The van der Waals surface area contributed by atoms with Gasteiger partial charge >= 0.3 is 0 Å². The van der Waals surface area contributed by atoms with Crippen molar-refractivity contribution in [3.63, 3.8) is 0 Å². The standard InChI is InChI=1S/C13H26N2O/c1-2-3-11-4-6-15(8-11)9-12-10-16-7-5-13(12)14/h11-13H,2-10,14H2,1H3. The van der Waals surface area contributed by atoms with Gasteiger partial charge in [0, 0.05) is 31.7 Å². The van der Waals surface area contributed by atoms with E-state index >= 15 is 0 Å². The average Bonchev–Trinajstić information content (AvgIpc) is 2.70. The minimum absolute atomic E-state index is 0.360. The summed E-state index contributed by atoms with van der Waals surface area (Å²) < 4.78 is 5.53. The fourth-order valence-electron chi connectivity index (χ4n) is 3.06. The Morgan fingerprint density at radius 2 is 2.25 bits per heavy atom. The van der Waals surface area contributed by atoms with Crippen LogP contribution in [-0.2, 0) is 4.74 Å². The Bertz CT molecular complexity index is 210. The van der Waals surface area contributed by atoms with E-state index in [1.54, 1.807) is 0 Å². The Kier molecular flexibility index (Phi) is 4.62. The zero-order valence-electron chi connectivity index (χ0n) is 10.5. The molecule has 94 valence electrons. The zero-order valence-corrected chi connectivity index (χ0v) is 10.5. The predicted molar refractivity (Wildman–Crippen MR) is 66.4 cm³/mol. The predicted octanol–water partition coefficient (Wildman–Crippen LogP) is 1.47. The van der Waals surface area contributed by atoms with Crippen molar-refractivity contribution in [2.75, 3.05) is 32.8 Å². The highest BCUT2D eigenvalue weighted by atomic mass is 16.5. The average molecular weight is 226 g/mol. The van der Waals surface area contributed by atoms with Gasteiger partial charge in [0.1, 0.15) is 0 Å². The fourth-order valence-corrected chi connectivity index (χ4v) is 3.06. The van der Waals surface area contributed by atoms with Crippen LogP contribution in [0.25, 0.3) is 0 Å². The normalized spacial score (nSPS) is 36.8. The minimum atomic E-state index is 0.360. The van der Waals surface area contributed by atoms with Crippen molar-refractivity contribution in [2.24, 2.45) is 17.6 Å². The number of ether oxygens (including phenoxy) is 1. The molecular weight excluding hydrogens is 200 g/mol. The molecule has 2 aliphatic heterocycles. The Morgan fingerprint density at radius 3 is 3.00 bits per heavy atom. The molecule has 2 fully saturated rings. The first-order chi connectivity index (χ1) is 7.79. The lowest BCUT2D eigenvalue weighted by Gasteiger charge is -2.32. The summed E-state index contributed by atoms with van der Waals surface area (Å²) in [5.41, 5.74) is 6.14. The van der Waals surface area contributed by atoms with Crippen LogP contribution in [0.2, 0.25) is 0 Å². The second-order valence-corrected chi connectivity index (χ2v) is 5.49. The number of rotatable bonds is 4.